The zero-order chi connectivity index (χ0) is 16.9. The fourth-order valence-corrected chi connectivity index (χ4v) is 2.55. The predicted octanol–water partition coefficient (Wildman–Crippen LogP) is 2.73. The van der Waals surface area contributed by atoms with E-state index in [0.717, 1.165) is 17.0 Å². The molecule has 2 heterocycles. The van der Waals surface area contributed by atoms with Gasteiger partial charge in [0.15, 0.2) is 0 Å². The van der Waals surface area contributed by atoms with Gasteiger partial charge in [0.25, 0.3) is 5.69 Å². The number of aliphatic imine (C=N–C) groups is 1. The molecule has 0 unspecified atom stereocenters. The Morgan fingerprint density at radius 1 is 1.38 bits per heavy atom. The van der Waals surface area contributed by atoms with Crippen molar-refractivity contribution in [2.24, 2.45) is 4.99 Å². The molecule has 122 valence electrons. The molecule has 7 heteroatoms. The molecule has 0 saturated heterocycles. The van der Waals surface area contributed by atoms with Gasteiger partial charge in [-0.15, -0.1) is 0 Å². The Morgan fingerprint density at radius 2 is 2.25 bits per heavy atom. The molecule has 24 heavy (non-hydrogen) atoms. The van der Waals surface area contributed by atoms with Crippen LogP contribution in [-0.4, -0.2) is 34.4 Å². The summed E-state index contributed by atoms with van der Waals surface area (Å²) in [6, 6.07) is 8.73. The lowest BCUT2D eigenvalue weighted by Gasteiger charge is -2.11. The number of aromatic amines is 1. The summed E-state index contributed by atoms with van der Waals surface area (Å²) < 4.78 is 0. The lowest BCUT2D eigenvalue weighted by molar-refractivity contribution is -0.384. The molecular formula is C17H16N4O3. The average Bonchev–Trinajstić information content (AvgIpc) is 3.28. The minimum Gasteiger partial charge on any atom is -0.395 e. The van der Waals surface area contributed by atoms with Gasteiger partial charge in [0.2, 0.25) is 0 Å². The van der Waals surface area contributed by atoms with Crippen molar-refractivity contribution in [3.8, 4) is 0 Å². The molecule has 0 amide bonds. The number of allylic oxidation sites excluding steroid dienone is 2. The molecule has 1 aromatic carbocycles. The van der Waals surface area contributed by atoms with E-state index in [1.165, 1.54) is 6.07 Å². The van der Waals surface area contributed by atoms with Gasteiger partial charge in [-0.3, -0.25) is 15.1 Å². The van der Waals surface area contributed by atoms with Crippen LogP contribution in [0.25, 0.3) is 5.57 Å². The van der Waals surface area contributed by atoms with Crippen LogP contribution in [0.2, 0.25) is 0 Å². The van der Waals surface area contributed by atoms with Crippen molar-refractivity contribution in [3.63, 3.8) is 0 Å². The number of benzene rings is 1. The first-order valence-electron chi connectivity index (χ1n) is 7.43. The van der Waals surface area contributed by atoms with Crippen molar-refractivity contribution < 1.29 is 10.0 Å². The highest BCUT2D eigenvalue weighted by atomic mass is 16.6. The van der Waals surface area contributed by atoms with Gasteiger partial charge >= 0.3 is 0 Å². The lowest BCUT2D eigenvalue weighted by Crippen LogP contribution is -2.08. The van der Waals surface area contributed by atoms with Gasteiger partial charge in [0, 0.05) is 36.3 Å². The summed E-state index contributed by atoms with van der Waals surface area (Å²) in [5, 5.41) is 23.2. The molecule has 2 aromatic rings. The van der Waals surface area contributed by atoms with Gasteiger partial charge in [-0.1, -0.05) is 6.07 Å². The molecule has 3 N–H and O–H groups in total. The molecule has 0 bridgehead atoms. The second-order valence-corrected chi connectivity index (χ2v) is 5.12. The summed E-state index contributed by atoms with van der Waals surface area (Å²) in [6.07, 6.45) is 7.16. The maximum Gasteiger partial charge on any atom is 0.292 e. The quantitative estimate of drug-likeness (QED) is 0.561. The van der Waals surface area contributed by atoms with Crippen LogP contribution in [0.3, 0.4) is 0 Å². The summed E-state index contributed by atoms with van der Waals surface area (Å²) >= 11 is 0. The van der Waals surface area contributed by atoms with Gasteiger partial charge in [-0.05, 0) is 35.9 Å². The summed E-state index contributed by atoms with van der Waals surface area (Å²) in [7, 11) is 0. The molecule has 0 radical (unpaired) electrons. The van der Waals surface area contributed by atoms with E-state index in [4.69, 9.17) is 5.11 Å². The van der Waals surface area contributed by atoms with Crippen molar-refractivity contribution in [3.05, 3.63) is 75.7 Å². The fraction of sp³-hybridized carbons (Fsp3) is 0.118. The maximum atomic E-state index is 11.4. The summed E-state index contributed by atoms with van der Waals surface area (Å²) in [5.41, 5.74) is 3.39. The number of H-pyrrole nitrogens is 1. The first-order chi connectivity index (χ1) is 11.7. The monoisotopic (exact) mass is 324 g/mol. The normalized spacial score (nSPS) is 14.9. The first-order valence-corrected chi connectivity index (χ1v) is 7.43. The molecule has 1 aromatic heterocycles. The number of nitrogens with zero attached hydrogens (tertiary/aromatic N) is 2. The van der Waals surface area contributed by atoms with E-state index in [9.17, 15) is 10.1 Å². The van der Waals surface area contributed by atoms with E-state index in [2.05, 4.69) is 15.3 Å². The van der Waals surface area contributed by atoms with E-state index in [-0.39, 0.29) is 18.8 Å². The van der Waals surface area contributed by atoms with E-state index in [0.29, 0.717) is 11.3 Å². The highest BCUT2D eigenvalue weighted by Crippen LogP contribution is 2.33. The SMILES string of the molecule is O=[N+]([O-])c1cc(/C(=C2\C=CC=N2)c2ccc[nH]2)ccc1NCCO. The van der Waals surface area contributed by atoms with Crippen LogP contribution in [-0.2, 0) is 0 Å². The Morgan fingerprint density at radius 3 is 2.88 bits per heavy atom. The predicted molar refractivity (Wildman–Crippen MR) is 93.1 cm³/mol. The van der Waals surface area contributed by atoms with Gasteiger partial charge in [0.1, 0.15) is 5.69 Å². The third-order valence-electron chi connectivity index (χ3n) is 3.59. The molecule has 0 aliphatic carbocycles. The minimum absolute atomic E-state index is 0.0448. The van der Waals surface area contributed by atoms with Gasteiger partial charge in [-0.2, -0.15) is 0 Å². The standard InChI is InChI=1S/C17H16N4O3/c22-10-9-20-13-6-5-12(11-16(13)21(23)24)17(14-3-1-7-18-14)15-4-2-8-19-15/h1-8,11,18,20,22H,9-10H2/b17-15-. The third kappa shape index (κ3) is 3.11. The van der Waals surface area contributed by atoms with Crippen LogP contribution in [0, 0.1) is 10.1 Å². The topological polar surface area (TPSA) is 104 Å². The Labute approximate surface area is 138 Å². The number of aliphatic hydroxyl groups excluding tert-OH is 1. The van der Waals surface area contributed by atoms with Gasteiger partial charge in [0.05, 0.1) is 17.2 Å². The molecule has 0 spiro atoms. The number of hydrogen-bond donors (Lipinski definition) is 3. The highest BCUT2D eigenvalue weighted by molar-refractivity contribution is 5.89. The summed E-state index contributed by atoms with van der Waals surface area (Å²) in [6.45, 7) is 0.147. The van der Waals surface area contributed by atoms with Crippen molar-refractivity contribution in [1.29, 1.82) is 0 Å². The van der Waals surface area contributed by atoms with E-state index in [1.54, 1.807) is 24.5 Å². The highest BCUT2D eigenvalue weighted by Gasteiger charge is 2.19. The Balaban J connectivity index is 2.11. The van der Waals surface area contributed by atoms with Gasteiger partial charge in [-0.25, -0.2) is 0 Å². The van der Waals surface area contributed by atoms with Crippen LogP contribution < -0.4 is 5.32 Å². The second kappa shape index (κ2) is 6.93. The zero-order valence-corrected chi connectivity index (χ0v) is 12.8. The number of nitro groups is 1. The minimum atomic E-state index is -0.437. The molecule has 3 rings (SSSR count). The Hall–Kier alpha value is -3.19. The molecule has 0 atom stereocenters. The van der Waals surface area contributed by atoms with E-state index in [1.807, 2.05) is 24.3 Å². The summed E-state index contributed by atoms with van der Waals surface area (Å²) in [4.78, 5) is 18.4. The Bertz CT molecular complexity index is 822. The third-order valence-corrected chi connectivity index (χ3v) is 3.59. The Kier molecular flexibility index (Phi) is 4.53. The van der Waals surface area contributed by atoms with Crippen molar-refractivity contribution >= 4 is 23.2 Å². The van der Waals surface area contributed by atoms with Crippen molar-refractivity contribution in [2.75, 3.05) is 18.5 Å². The number of hydrogen-bond acceptors (Lipinski definition) is 5. The molecule has 1 aliphatic rings. The number of aromatic nitrogens is 1. The maximum absolute atomic E-state index is 11.4. The number of aliphatic hydroxyl groups is 1. The van der Waals surface area contributed by atoms with Crippen molar-refractivity contribution in [1.82, 2.24) is 4.98 Å². The number of nitrogens with one attached hydrogen (secondary N) is 2. The molecule has 7 nitrogen and oxygen atoms in total. The smallest absolute Gasteiger partial charge is 0.292 e. The molecule has 0 fully saturated rings. The number of rotatable bonds is 6. The van der Waals surface area contributed by atoms with Crippen LogP contribution in [0.1, 0.15) is 11.3 Å². The average molecular weight is 324 g/mol. The number of nitro benzene ring substituents is 1. The van der Waals surface area contributed by atoms with Crippen LogP contribution in [0.4, 0.5) is 11.4 Å². The first kappa shape index (κ1) is 15.7. The second-order valence-electron chi connectivity index (χ2n) is 5.12. The van der Waals surface area contributed by atoms with E-state index < -0.39 is 4.92 Å². The van der Waals surface area contributed by atoms with E-state index >= 15 is 0 Å². The molecule has 0 saturated carbocycles. The van der Waals surface area contributed by atoms with Crippen molar-refractivity contribution in [2.45, 2.75) is 0 Å². The van der Waals surface area contributed by atoms with Crippen LogP contribution in [0.15, 0.2) is 59.4 Å². The zero-order valence-electron chi connectivity index (χ0n) is 12.8. The number of anilines is 1. The fourth-order valence-electron chi connectivity index (χ4n) is 2.55. The van der Waals surface area contributed by atoms with Crippen LogP contribution in [0.5, 0.6) is 0 Å². The lowest BCUT2D eigenvalue weighted by atomic mass is 9.99. The molecule has 1 aliphatic heterocycles. The largest absolute Gasteiger partial charge is 0.395 e. The molecular weight excluding hydrogens is 308 g/mol. The van der Waals surface area contributed by atoms with Crippen LogP contribution >= 0.6 is 0 Å². The summed E-state index contributed by atoms with van der Waals surface area (Å²) in [5.74, 6) is 0. The van der Waals surface area contributed by atoms with Gasteiger partial charge < -0.3 is 15.4 Å².